The summed E-state index contributed by atoms with van der Waals surface area (Å²) in [6.07, 6.45) is 0. The first-order chi connectivity index (χ1) is 9.90. The van der Waals surface area contributed by atoms with Crippen molar-refractivity contribution in [3.63, 3.8) is 0 Å². The summed E-state index contributed by atoms with van der Waals surface area (Å²) in [5, 5.41) is 0. The Labute approximate surface area is 143 Å². The van der Waals surface area contributed by atoms with Crippen molar-refractivity contribution in [1.82, 2.24) is 0 Å². The van der Waals surface area contributed by atoms with Gasteiger partial charge in [0, 0.05) is 18.7 Å². The van der Waals surface area contributed by atoms with E-state index in [1.807, 2.05) is 19.1 Å². The first-order valence-electron chi connectivity index (χ1n) is 5.93. The van der Waals surface area contributed by atoms with Crippen molar-refractivity contribution in [2.24, 2.45) is 0 Å². The van der Waals surface area contributed by atoms with Gasteiger partial charge in [-0.25, -0.2) is 9.18 Å². The van der Waals surface area contributed by atoms with Crippen molar-refractivity contribution in [2.75, 3.05) is 7.11 Å². The predicted molar refractivity (Wildman–Crippen MR) is 88.4 cm³/mol. The molecule has 0 heterocycles. The molecule has 2 nitrogen and oxygen atoms in total. The Morgan fingerprint density at radius 2 is 1.81 bits per heavy atom. The van der Waals surface area contributed by atoms with E-state index in [9.17, 15) is 9.18 Å². The quantitative estimate of drug-likeness (QED) is 0.589. The van der Waals surface area contributed by atoms with Crippen molar-refractivity contribution >= 4 is 49.6 Å². The lowest BCUT2D eigenvalue weighted by Gasteiger charge is -2.10. The Morgan fingerprint density at radius 1 is 1.14 bits per heavy atom. The zero-order valence-corrected chi connectivity index (χ0v) is 15.2. The van der Waals surface area contributed by atoms with Gasteiger partial charge in [0.05, 0.1) is 12.7 Å². The van der Waals surface area contributed by atoms with E-state index >= 15 is 0 Å². The number of hydrogen-bond donors (Lipinski definition) is 0. The zero-order valence-electron chi connectivity index (χ0n) is 11.2. The molecule has 2 aromatic rings. The summed E-state index contributed by atoms with van der Waals surface area (Å²) in [7, 11) is 1.35. The number of ether oxygens (including phenoxy) is 1. The van der Waals surface area contributed by atoms with Crippen molar-refractivity contribution in [1.29, 1.82) is 0 Å². The Balaban J connectivity index is 2.40. The van der Waals surface area contributed by atoms with Crippen molar-refractivity contribution < 1.29 is 13.9 Å². The number of carbonyl (C=O) groups is 1. The van der Waals surface area contributed by atoms with Crippen LogP contribution in [-0.2, 0) is 4.74 Å². The molecule has 2 aromatic carbocycles. The highest BCUT2D eigenvalue weighted by Gasteiger charge is 2.14. The second kappa shape index (κ2) is 6.94. The lowest BCUT2D eigenvalue weighted by Crippen LogP contribution is -2.04. The van der Waals surface area contributed by atoms with E-state index in [0.29, 0.717) is 10.0 Å². The fourth-order valence-electron chi connectivity index (χ4n) is 1.76. The molecule has 0 aliphatic heterocycles. The highest BCUT2D eigenvalue weighted by atomic mass is 79.9. The minimum Gasteiger partial charge on any atom is -0.465 e. The number of halogens is 3. The molecule has 0 atom stereocenters. The summed E-state index contributed by atoms with van der Waals surface area (Å²) in [5.74, 6) is -0.706. The van der Waals surface area contributed by atoms with E-state index in [1.165, 1.54) is 31.0 Å². The summed E-state index contributed by atoms with van der Waals surface area (Å²) < 4.78 is 19.7. The minimum atomic E-state index is -0.393. The topological polar surface area (TPSA) is 26.3 Å². The number of carbonyl (C=O) groups excluding carboxylic acids is 1. The van der Waals surface area contributed by atoms with Crippen LogP contribution in [0.3, 0.4) is 0 Å². The molecule has 110 valence electrons. The van der Waals surface area contributed by atoms with Crippen molar-refractivity contribution in [2.45, 2.75) is 16.7 Å². The van der Waals surface area contributed by atoms with Crippen molar-refractivity contribution in [3.05, 3.63) is 56.2 Å². The van der Waals surface area contributed by atoms with Gasteiger partial charge in [-0.1, -0.05) is 43.6 Å². The van der Waals surface area contributed by atoms with Gasteiger partial charge in [0.2, 0.25) is 0 Å². The third-order valence-corrected chi connectivity index (χ3v) is 5.02. The molecule has 0 amide bonds. The number of methoxy groups -OCH3 is 1. The first kappa shape index (κ1) is 16.5. The maximum atomic E-state index is 13.4. The minimum absolute atomic E-state index is 0.314. The molecule has 0 aliphatic rings. The fraction of sp³-hybridized carbons (Fsp3) is 0.133. The molecule has 0 spiro atoms. The third-order valence-electron chi connectivity index (χ3n) is 2.79. The van der Waals surface area contributed by atoms with Gasteiger partial charge in [0.1, 0.15) is 5.82 Å². The van der Waals surface area contributed by atoms with Crippen LogP contribution in [-0.4, -0.2) is 13.1 Å². The van der Waals surface area contributed by atoms with Crippen LogP contribution in [0, 0.1) is 12.7 Å². The lowest BCUT2D eigenvalue weighted by atomic mass is 10.1. The van der Waals surface area contributed by atoms with E-state index in [-0.39, 0.29) is 5.82 Å². The molecule has 0 radical (unpaired) electrons. The molecule has 0 bridgehead atoms. The molecule has 21 heavy (non-hydrogen) atoms. The average Bonchev–Trinajstić information content (AvgIpc) is 2.40. The fourth-order valence-corrected chi connectivity index (χ4v) is 3.97. The molecule has 0 saturated heterocycles. The summed E-state index contributed by atoms with van der Waals surface area (Å²) in [5.41, 5.74) is 1.30. The van der Waals surface area contributed by atoms with Gasteiger partial charge in [-0.15, -0.1) is 0 Å². The van der Waals surface area contributed by atoms with E-state index in [4.69, 9.17) is 4.74 Å². The second-order valence-electron chi connectivity index (χ2n) is 4.28. The molecule has 0 aromatic heterocycles. The van der Waals surface area contributed by atoms with Crippen molar-refractivity contribution in [3.8, 4) is 0 Å². The molecular formula is C15H11Br2FO2S. The standard InChI is InChI=1S/C15H11Br2FO2S/c1-8-13(15(19)20-2)6-12(7-14(8)17)21-11-4-9(16)3-10(18)5-11/h3-7H,1-2H3. The Morgan fingerprint density at radius 3 is 2.43 bits per heavy atom. The average molecular weight is 434 g/mol. The molecule has 0 N–H and O–H groups in total. The Hall–Kier alpha value is -0.850. The largest absolute Gasteiger partial charge is 0.465 e. The molecule has 0 unspecified atom stereocenters. The van der Waals surface area contributed by atoms with Crippen LogP contribution in [0.1, 0.15) is 15.9 Å². The van der Waals surface area contributed by atoms with Gasteiger partial charge in [0.15, 0.2) is 0 Å². The summed E-state index contributed by atoms with van der Waals surface area (Å²) >= 11 is 8.07. The van der Waals surface area contributed by atoms with Gasteiger partial charge in [-0.05, 0) is 42.8 Å². The molecule has 6 heteroatoms. The number of benzene rings is 2. The maximum absolute atomic E-state index is 13.4. The van der Waals surface area contributed by atoms with Gasteiger partial charge in [0.25, 0.3) is 0 Å². The summed E-state index contributed by atoms with van der Waals surface area (Å²) in [4.78, 5) is 13.3. The van der Waals surface area contributed by atoms with Crippen LogP contribution in [0.15, 0.2) is 49.1 Å². The molecular weight excluding hydrogens is 423 g/mol. The van der Waals surface area contributed by atoms with Crippen LogP contribution in [0.4, 0.5) is 4.39 Å². The van der Waals surface area contributed by atoms with Gasteiger partial charge in [-0.2, -0.15) is 0 Å². The number of rotatable bonds is 3. The predicted octanol–water partition coefficient (Wildman–Crippen LogP) is 5.60. The zero-order chi connectivity index (χ0) is 15.6. The normalized spacial score (nSPS) is 10.5. The van der Waals surface area contributed by atoms with E-state index in [2.05, 4.69) is 31.9 Å². The third kappa shape index (κ3) is 4.08. The van der Waals surface area contributed by atoms with Gasteiger partial charge < -0.3 is 4.74 Å². The van der Waals surface area contributed by atoms with Gasteiger partial charge >= 0.3 is 5.97 Å². The van der Waals surface area contributed by atoms with E-state index in [1.54, 1.807) is 6.07 Å². The molecule has 0 saturated carbocycles. The SMILES string of the molecule is COC(=O)c1cc(Sc2cc(F)cc(Br)c2)cc(Br)c1C. The van der Waals surface area contributed by atoms with E-state index < -0.39 is 5.97 Å². The lowest BCUT2D eigenvalue weighted by molar-refractivity contribution is 0.0599. The van der Waals surface area contributed by atoms with Crippen LogP contribution in [0.25, 0.3) is 0 Å². The Bertz CT molecular complexity index is 684. The highest BCUT2D eigenvalue weighted by molar-refractivity contribution is 9.10. The Kier molecular flexibility index (Phi) is 5.46. The molecule has 0 fully saturated rings. The van der Waals surface area contributed by atoms with Crippen LogP contribution in [0.2, 0.25) is 0 Å². The number of hydrogen-bond acceptors (Lipinski definition) is 3. The number of esters is 1. The maximum Gasteiger partial charge on any atom is 0.338 e. The van der Waals surface area contributed by atoms with Gasteiger partial charge in [-0.3, -0.25) is 0 Å². The first-order valence-corrected chi connectivity index (χ1v) is 8.33. The smallest absolute Gasteiger partial charge is 0.338 e. The van der Waals surface area contributed by atoms with Crippen LogP contribution in [0.5, 0.6) is 0 Å². The monoisotopic (exact) mass is 432 g/mol. The summed E-state index contributed by atoms with van der Waals surface area (Å²) in [6, 6.07) is 8.30. The molecule has 2 rings (SSSR count). The van der Waals surface area contributed by atoms with E-state index in [0.717, 1.165) is 19.8 Å². The van der Waals surface area contributed by atoms with Crippen LogP contribution >= 0.6 is 43.6 Å². The summed E-state index contributed by atoms with van der Waals surface area (Å²) in [6.45, 7) is 1.84. The highest BCUT2D eigenvalue weighted by Crippen LogP contribution is 2.34. The van der Waals surface area contributed by atoms with Crippen LogP contribution < -0.4 is 0 Å². The molecule has 0 aliphatic carbocycles. The second-order valence-corrected chi connectivity index (χ2v) is 7.19.